The van der Waals surface area contributed by atoms with Crippen molar-refractivity contribution in [3.05, 3.63) is 48.0 Å². The lowest BCUT2D eigenvalue weighted by molar-refractivity contribution is -0.147. The lowest BCUT2D eigenvalue weighted by Gasteiger charge is -2.45. The molecule has 6 nitrogen and oxygen atoms in total. The van der Waals surface area contributed by atoms with Crippen molar-refractivity contribution in [3.63, 3.8) is 0 Å². The average Bonchev–Trinajstić information content (AvgIpc) is 2.72. The maximum atomic E-state index is 13.7. The highest BCUT2D eigenvalue weighted by Gasteiger charge is 2.49. The molecule has 2 fully saturated rings. The second-order valence-corrected chi connectivity index (χ2v) is 10.3. The Morgan fingerprint density at radius 3 is 2.38 bits per heavy atom. The number of alkyl carbamates (subject to hydrolysis) is 1. The predicted octanol–water partition coefficient (Wildman–Crippen LogP) is 4.35. The molecule has 172 valence electrons. The summed E-state index contributed by atoms with van der Waals surface area (Å²) in [5.74, 6) is -0.606. The molecule has 1 heterocycles. The van der Waals surface area contributed by atoms with Gasteiger partial charge >= 0.3 is 6.09 Å². The van der Waals surface area contributed by atoms with Gasteiger partial charge in [-0.2, -0.15) is 0 Å². The number of hydrogen-bond donors (Lipinski definition) is 2. The van der Waals surface area contributed by atoms with Crippen LogP contribution in [0.1, 0.15) is 64.4 Å². The van der Waals surface area contributed by atoms with Crippen LogP contribution in [0.25, 0.3) is 10.8 Å². The van der Waals surface area contributed by atoms with Crippen LogP contribution in [0, 0.1) is 0 Å². The van der Waals surface area contributed by atoms with E-state index in [4.69, 9.17) is 4.74 Å². The quantitative estimate of drug-likeness (QED) is 0.744. The number of aliphatic hydroxyl groups is 1. The first-order chi connectivity index (χ1) is 15.2. The van der Waals surface area contributed by atoms with Gasteiger partial charge in [0.2, 0.25) is 5.91 Å². The third-order valence-corrected chi connectivity index (χ3v) is 6.64. The second-order valence-electron chi connectivity index (χ2n) is 10.3. The zero-order valence-corrected chi connectivity index (χ0v) is 19.3. The molecule has 1 unspecified atom stereocenters. The molecule has 2 aromatic carbocycles. The topological polar surface area (TPSA) is 78.9 Å². The lowest BCUT2D eigenvalue weighted by Crippen LogP contribution is -2.53. The summed E-state index contributed by atoms with van der Waals surface area (Å²) in [5, 5.41) is 16.2. The summed E-state index contributed by atoms with van der Waals surface area (Å²) in [6, 6.07) is 14.0. The Bertz CT molecular complexity index is 979. The first-order valence-corrected chi connectivity index (χ1v) is 11.6. The van der Waals surface area contributed by atoms with E-state index in [1.807, 2.05) is 68.1 Å². The van der Waals surface area contributed by atoms with Crippen LogP contribution in [-0.2, 0) is 9.53 Å². The molecule has 2 aromatic rings. The second kappa shape index (κ2) is 8.74. The Morgan fingerprint density at radius 2 is 1.75 bits per heavy atom. The van der Waals surface area contributed by atoms with Crippen LogP contribution < -0.4 is 5.32 Å². The molecular weight excluding hydrogens is 404 g/mol. The normalized spacial score (nSPS) is 19.8. The first-order valence-electron chi connectivity index (χ1n) is 11.6. The average molecular weight is 439 g/mol. The van der Waals surface area contributed by atoms with Gasteiger partial charge in [-0.25, -0.2) is 4.79 Å². The monoisotopic (exact) mass is 438 g/mol. The van der Waals surface area contributed by atoms with Crippen molar-refractivity contribution in [2.45, 2.75) is 76.0 Å². The molecule has 2 aliphatic rings. The van der Waals surface area contributed by atoms with Crippen molar-refractivity contribution in [3.8, 4) is 0 Å². The number of benzene rings is 2. The van der Waals surface area contributed by atoms with Gasteiger partial charge < -0.3 is 20.1 Å². The summed E-state index contributed by atoms with van der Waals surface area (Å²) in [4.78, 5) is 27.7. The zero-order chi connectivity index (χ0) is 22.9. The van der Waals surface area contributed by atoms with Gasteiger partial charge in [-0.05, 0) is 56.4 Å². The van der Waals surface area contributed by atoms with Crippen LogP contribution in [0.2, 0.25) is 0 Å². The molecule has 0 bridgehead atoms. The zero-order valence-electron chi connectivity index (χ0n) is 19.3. The van der Waals surface area contributed by atoms with E-state index < -0.39 is 17.6 Å². The number of fused-ring (bicyclic) bond motifs is 1. The minimum Gasteiger partial charge on any atom is -0.446 e. The number of piperidine rings is 1. The van der Waals surface area contributed by atoms with Gasteiger partial charge in [0.15, 0.2) is 0 Å². The number of carbonyl (C=O) groups excluding carboxylic acids is 2. The maximum Gasteiger partial charge on any atom is 0.407 e. The number of ether oxygens (including phenoxy) is 1. The fourth-order valence-corrected chi connectivity index (χ4v) is 4.85. The van der Waals surface area contributed by atoms with Crippen molar-refractivity contribution < 1.29 is 19.4 Å². The Morgan fingerprint density at radius 1 is 1.09 bits per heavy atom. The summed E-state index contributed by atoms with van der Waals surface area (Å²) in [5.41, 5.74) is -0.447. The number of rotatable bonds is 4. The summed E-state index contributed by atoms with van der Waals surface area (Å²) in [7, 11) is 0. The van der Waals surface area contributed by atoms with E-state index in [2.05, 4.69) is 5.32 Å². The van der Waals surface area contributed by atoms with E-state index in [0.717, 1.165) is 22.8 Å². The Hall–Kier alpha value is -2.60. The summed E-state index contributed by atoms with van der Waals surface area (Å²) < 4.78 is 5.56. The minimum absolute atomic E-state index is 0.0267. The Kier molecular flexibility index (Phi) is 6.17. The molecule has 2 N–H and O–H groups in total. The molecule has 0 radical (unpaired) electrons. The molecular formula is C26H34N2O4. The van der Waals surface area contributed by atoms with Gasteiger partial charge in [-0.3, -0.25) is 4.79 Å². The summed E-state index contributed by atoms with van der Waals surface area (Å²) in [6.45, 7) is 6.77. The third-order valence-electron chi connectivity index (χ3n) is 6.64. The van der Waals surface area contributed by atoms with Gasteiger partial charge in [0, 0.05) is 31.5 Å². The van der Waals surface area contributed by atoms with Crippen LogP contribution in [0.15, 0.2) is 42.5 Å². The molecule has 1 atom stereocenters. The summed E-state index contributed by atoms with van der Waals surface area (Å²) >= 11 is 0. The molecule has 1 saturated carbocycles. The standard InChI is InChI=1S/C26H34N2O4/c1-25(2,3)27-24(30)32-19-12-16-28(17-13-19)23(29)22(26(31)14-7-15-26)21-11-6-9-18-8-4-5-10-20(18)21/h4-6,8-11,19,22,31H,7,12-17H2,1-3H3,(H,27,30). The van der Waals surface area contributed by atoms with E-state index in [1.54, 1.807) is 0 Å². The van der Waals surface area contributed by atoms with E-state index in [-0.39, 0.29) is 17.6 Å². The van der Waals surface area contributed by atoms with E-state index in [1.165, 1.54) is 0 Å². The molecule has 1 saturated heterocycles. The first kappa shape index (κ1) is 22.6. The highest BCUT2D eigenvalue weighted by molar-refractivity contribution is 5.94. The molecule has 32 heavy (non-hydrogen) atoms. The molecule has 4 rings (SSSR count). The fourth-order valence-electron chi connectivity index (χ4n) is 4.85. The molecule has 2 amide bonds. The van der Waals surface area contributed by atoms with Crippen LogP contribution in [0.5, 0.6) is 0 Å². The maximum absolute atomic E-state index is 13.7. The van der Waals surface area contributed by atoms with Crippen LogP contribution in [0.4, 0.5) is 4.79 Å². The lowest BCUT2D eigenvalue weighted by atomic mass is 9.67. The predicted molar refractivity (Wildman–Crippen MR) is 124 cm³/mol. The van der Waals surface area contributed by atoms with Gasteiger partial charge in [0.05, 0.1) is 11.5 Å². The molecule has 0 spiro atoms. The SMILES string of the molecule is CC(C)(C)NC(=O)OC1CCN(C(=O)C(c2cccc3ccccc23)C2(O)CCC2)CC1. The fraction of sp³-hybridized carbons (Fsp3) is 0.538. The number of nitrogens with zero attached hydrogens (tertiary/aromatic N) is 1. The molecule has 6 heteroatoms. The van der Waals surface area contributed by atoms with Gasteiger partial charge in [0.25, 0.3) is 0 Å². The highest BCUT2D eigenvalue weighted by Crippen LogP contribution is 2.46. The smallest absolute Gasteiger partial charge is 0.407 e. The van der Waals surface area contributed by atoms with Crippen molar-refractivity contribution in [1.82, 2.24) is 10.2 Å². The van der Waals surface area contributed by atoms with Gasteiger partial charge in [0.1, 0.15) is 6.10 Å². The van der Waals surface area contributed by atoms with E-state index in [9.17, 15) is 14.7 Å². The van der Waals surface area contributed by atoms with E-state index >= 15 is 0 Å². The Labute approximate surface area is 189 Å². The summed E-state index contributed by atoms with van der Waals surface area (Å²) in [6.07, 6.45) is 2.79. The minimum atomic E-state index is -0.999. The van der Waals surface area contributed by atoms with E-state index in [0.29, 0.717) is 38.8 Å². The van der Waals surface area contributed by atoms with Gasteiger partial charge in [-0.15, -0.1) is 0 Å². The van der Waals surface area contributed by atoms with Crippen molar-refractivity contribution in [2.24, 2.45) is 0 Å². The number of likely N-dealkylation sites (tertiary alicyclic amines) is 1. The number of amides is 2. The molecule has 1 aliphatic carbocycles. The molecule has 0 aromatic heterocycles. The number of hydrogen-bond acceptors (Lipinski definition) is 4. The van der Waals surface area contributed by atoms with Crippen LogP contribution in [0.3, 0.4) is 0 Å². The van der Waals surface area contributed by atoms with Crippen molar-refractivity contribution in [2.75, 3.05) is 13.1 Å². The number of carbonyl (C=O) groups is 2. The number of nitrogens with one attached hydrogen (secondary N) is 1. The highest BCUT2D eigenvalue weighted by atomic mass is 16.6. The van der Waals surface area contributed by atoms with Crippen LogP contribution >= 0.6 is 0 Å². The third kappa shape index (κ3) is 4.75. The van der Waals surface area contributed by atoms with Gasteiger partial charge in [-0.1, -0.05) is 42.5 Å². The largest absolute Gasteiger partial charge is 0.446 e. The van der Waals surface area contributed by atoms with Crippen molar-refractivity contribution in [1.29, 1.82) is 0 Å². The van der Waals surface area contributed by atoms with Crippen LogP contribution in [-0.4, -0.2) is 52.3 Å². The Balaban J connectivity index is 1.49. The molecule has 1 aliphatic heterocycles. The van der Waals surface area contributed by atoms with Crippen molar-refractivity contribution >= 4 is 22.8 Å².